The minimum Gasteiger partial charge on any atom is -0.507 e. The molecule has 0 saturated heterocycles. The number of amides is 2. The molecule has 6 heteroatoms. The van der Waals surface area contributed by atoms with Crippen LogP contribution in [0.15, 0.2) is 36.4 Å². The van der Waals surface area contributed by atoms with Crippen molar-refractivity contribution in [2.24, 2.45) is 0 Å². The topological polar surface area (TPSA) is 78.4 Å². The van der Waals surface area contributed by atoms with E-state index in [0.29, 0.717) is 16.4 Å². The van der Waals surface area contributed by atoms with Crippen LogP contribution in [0.3, 0.4) is 0 Å². The van der Waals surface area contributed by atoms with E-state index in [0.717, 1.165) is 5.56 Å². The number of nitrogens with one attached hydrogen (secondary N) is 2. The number of benzene rings is 2. The third-order valence-electron chi connectivity index (χ3n) is 2.93. The summed E-state index contributed by atoms with van der Waals surface area (Å²) >= 11 is 6.04. The summed E-state index contributed by atoms with van der Waals surface area (Å²) in [5.41, 5.74) is 1.97. The van der Waals surface area contributed by atoms with Gasteiger partial charge in [0, 0.05) is 12.6 Å². The van der Waals surface area contributed by atoms with Crippen molar-refractivity contribution in [3.05, 3.63) is 52.5 Å². The number of anilines is 2. The van der Waals surface area contributed by atoms with Gasteiger partial charge in [-0.05, 0) is 37.3 Å². The molecule has 3 N–H and O–H groups in total. The highest BCUT2D eigenvalue weighted by atomic mass is 35.5. The number of aromatic hydroxyl groups is 1. The molecular weight excluding hydrogens is 304 g/mol. The van der Waals surface area contributed by atoms with E-state index >= 15 is 0 Å². The molecule has 0 aliphatic carbocycles. The highest BCUT2D eigenvalue weighted by Gasteiger charge is 2.12. The number of carbonyl (C=O) groups excluding carboxylic acids is 2. The van der Waals surface area contributed by atoms with Gasteiger partial charge >= 0.3 is 0 Å². The third kappa shape index (κ3) is 3.77. The van der Waals surface area contributed by atoms with Crippen molar-refractivity contribution in [3.8, 4) is 5.75 Å². The summed E-state index contributed by atoms with van der Waals surface area (Å²) in [7, 11) is 0. The summed E-state index contributed by atoms with van der Waals surface area (Å²) in [6.45, 7) is 3.21. The molecule has 0 heterocycles. The predicted molar refractivity (Wildman–Crippen MR) is 86.6 cm³/mol. The molecule has 0 atom stereocenters. The summed E-state index contributed by atoms with van der Waals surface area (Å²) in [6.07, 6.45) is 0. The lowest BCUT2D eigenvalue weighted by Crippen LogP contribution is -2.12. The molecule has 0 radical (unpaired) electrons. The van der Waals surface area contributed by atoms with Crippen molar-refractivity contribution in [2.75, 3.05) is 10.6 Å². The molecule has 5 nitrogen and oxygen atoms in total. The van der Waals surface area contributed by atoms with Gasteiger partial charge in [0.25, 0.3) is 5.91 Å². The molecule has 2 aromatic rings. The minimum atomic E-state index is -0.440. The second kappa shape index (κ2) is 6.49. The summed E-state index contributed by atoms with van der Waals surface area (Å²) in [4.78, 5) is 23.2. The van der Waals surface area contributed by atoms with E-state index in [1.54, 1.807) is 24.3 Å². The average molecular weight is 319 g/mol. The van der Waals surface area contributed by atoms with E-state index in [2.05, 4.69) is 10.6 Å². The first-order valence-corrected chi connectivity index (χ1v) is 6.92. The number of hydrogen-bond donors (Lipinski definition) is 3. The maximum absolute atomic E-state index is 12.2. The molecule has 0 bridgehead atoms. The van der Waals surface area contributed by atoms with E-state index in [9.17, 15) is 14.7 Å². The van der Waals surface area contributed by atoms with Crippen LogP contribution < -0.4 is 10.6 Å². The largest absolute Gasteiger partial charge is 0.507 e. The van der Waals surface area contributed by atoms with Crippen LogP contribution in [0, 0.1) is 6.92 Å². The van der Waals surface area contributed by atoms with Gasteiger partial charge < -0.3 is 15.7 Å². The Morgan fingerprint density at radius 2 is 1.82 bits per heavy atom. The summed E-state index contributed by atoms with van der Waals surface area (Å²) in [5.74, 6) is -0.767. The van der Waals surface area contributed by atoms with Crippen molar-refractivity contribution < 1.29 is 14.7 Å². The molecule has 114 valence electrons. The zero-order valence-electron chi connectivity index (χ0n) is 12.1. The number of phenols is 1. The van der Waals surface area contributed by atoms with Gasteiger partial charge in [-0.25, -0.2) is 0 Å². The molecule has 0 spiro atoms. The second-order valence-corrected chi connectivity index (χ2v) is 5.26. The van der Waals surface area contributed by atoms with E-state index in [4.69, 9.17) is 11.6 Å². The number of carbonyl (C=O) groups is 2. The van der Waals surface area contributed by atoms with E-state index in [1.165, 1.54) is 19.1 Å². The number of aryl methyl sites for hydroxylation is 1. The first kappa shape index (κ1) is 15.9. The van der Waals surface area contributed by atoms with E-state index < -0.39 is 5.91 Å². The lowest BCUT2D eigenvalue weighted by Gasteiger charge is -2.10. The Kier molecular flexibility index (Phi) is 4.68. The number of halogens is 1. The quantitative estimate of drug-likeness (QED) is 0.809. The SMILES string of the molecule is CC(=O)Nc1ccc(NC(=O)c2cc(C)ccc2O)cc1Cl. The van der Waals surface area contributed by atoms with Crippen molar-refractivity contribution in [3.63, 3.8) is 0 Å². The van der Waals surface area contributed by atoms with Crippen molar-refractivity contribution in [1.82, 2.24) is 0 Å². The van der Waals surface area contributed by atoms with Crippen LogP contribution in [-0.2, 0) is 4.79 Å². The molecule has 0 aromatic heterocycles. The first-order chi connectivity index (χ1) is 10.4. The molecule has 22 heavy (non-hydrogen) atoms. The van der Waals surface area contributed by atoms with Crippen molar-refractivity contribution in [2.45, 2.75) is 13.8 Å². The van der Waals surface area contributed by atoms with Crippen LogP contribution in [0.2, 0.25) is 5.02 Å². The third-order valence-corrected chi connectivity index (χ3v) is 3.25. The average Bonchev–Trinajstić information content (AvgIpc) is 2.44. The smallest absolute Gasteiger partial charge is 0.259 e. The van der Waals surface area contributed by atoms with Gasteiger partial charge in [-0.2, -0.15) is 0 Å². The maximum Gasteiger partial charge on any atom is 0.259 e. The summed E-state index contributed by atoms with van der Waals surface area (Å²) in [5, 5.41) is 15.3. The predicted octanol–water partition coefficient (Wildman–Crippen LogP) is 3.56. The minimum absolute atomic E-state index is 0.0935. The van der Waals surface area contributed by atoms with E-state index in [-0.39, 0.29) is 17.2 Å². The van der Waals surface area contributed by atoms with Crippen LogP contribution in [0.25, 0.3) is 0 Å². The fourth-order valence-corrected chi connectivity index (χ4v) is 2.14. The Bertz CT molecular complexity index is 744. The molecular formula is C16H15ClN2O3. The van der Waals surface area contributed by atoms with Crippen molar-refractivity contribution in [1.29, 1.82) is 0 Å². The number of hydrogen-bond acceptors (Lipinski definition) is 3. The fraction of sp³-hybridized carbons (Fsp3) is 0.125. The molecule has 0 fully saturated rings. The Morgan fingerprint density at radius 3 is 2.45 bits per heavy atom. The molecule has 2 rings (SSSR count). The number of phenolic OH excluding ortho intramolecular Hbond substituents is 1. The van der Waals surface area contributed by atoms with Crippen molar-refractivity contribution >= 4 is 34.8 Å². The van der Waals surface area contributed by atoms with Gasteiger partial charge in [-0.15, -0.1) is 0 Å². The summed E-state index contributed by atoms with van der Waals surface area (Å²) < 4.78 is 0. The van der Waals surface area contributed by atoms with Crippen LogP contribution in [0.4, 0.5) is 11.4 Å². The Labute approximate surface area is 132 Å². The summed E-state index contributed by atoms with van der Waals surface area (Å²) in [6, 6.07) is 9.51. The van der Waals surface area contributed by atoms with Gasteiger partial charge in [0.1, 0.15) is 5.75 Å². The van der Waals surface area contributed by atoms with Gasteiger partial charge in [-0.1, -0.05) is 23.2 Å². The lowest BCUT2D eigenvalue weighted by molar-refractivity contribution is -0.114. The molecule has 2 amide bonds. The van der Waals surface area contributed by atoms with Crippen LogP contribution in [-0.4, -0.2) is 16.9 Å². The zero-order valence-corrected chi connectivity index (χ0v) is 12.9. The Morgan fingerprint density at radius 1 is 1.09 bits per heavy atom. The van der Waals surface area contributed by atoms with Gasteiger partial charge in [0.05, 0.1) is 16.3 Å². The Hall–Kier alpha value is -2.53. The van der Waals surface area contributed by atoms with Gasteiger partial charge in [-0.3, -0.25) is 9.59 Å². The molecule has 0 saturated carbocycles. The molecule has 0 aliphatic heterocycles. The first-order valence-electron chi connectivity index (χ1n) is 6.55. The van der Waals surface area contributed by atoms with Gasteiger partial charge in [0.15, 0.2) is 0 Å². The molecule has 0 aliphatic rings. The van der Waals surface area contributed by atoms with Crippen LogP contribution in [0.1, 0.15) is 22.8 Å². The zero-order chi connectivity index (χ0) is 16.3. The Balaban J connectivity index is 2.20. The van der Waals surface area contributed by atoms with E-state index in [1.807, 2.05) is 6.92 Å². The fourth-order valence-electron chi connectivity index (χ4n) is 1.91. The highest BCUT2D eigenvalue weighted by molar-refractivity contribution is 6.34. The monoisotopic (exact) mass is 318 g/mol. The lowest BCUT2D eigenvalue weighted by atomic mass is 10.1. The van der Waals surface area contributed by atoms with Crippen LogP contribution >= 0.6 is 11.6 Å². The molecule has 0 unspecified atom stereocenters. The molecule has 2 aromatic carbocycles. The number of rotatable bonds is 3. The normalized spacial score (nSPS) is 10.1. The van der Waals surface area contributed by atoms with Crippen LogP contribution in [0.5, 0.6) is 5.75 Å². The van der Waals surface area contributed by atoms with Gasteiger partial charge in [0.2, 0.25) is 5.91 Å². The maximum atomic E-state index is 12.2. The second-order valence-electron chi connectivity index (χ2n) is 4.85. The highest BCUT2D eigenvalue weighted by Crippen LogP contribution is 2.26. The standard InChI is InChI=1S/C16H15ClN2O3/c1-9-3-6-15(21)12(7-9)16(22)19-11-4-5-14(13(17)8-11)18-10(2)20/h3-8,21H,1-2H3,(H,18,20)(H,19,22).